The normalized spacial score (nSPS) is 17.4. The Labute approximate surface area is 164 Å². The number of aromatic nitrogens is 1. The maximum absolute atomic E-state index is 12.4. The molecule has 3 heterocycles. The zero-order valence-corrected chi connectivity index (χ0v) is 16.0. The fraction of sp³-hybridized carbons (Fsp3) is 0.500. The highest BCUT2D eigenvalue weighted by Gasteiger charge is 2.24. The lowest BCUT2D eigenvalue weighted by molar-refractivity contribution is -0.120. The Balaban J connectivity index is 1.21. The van der Waals surface area contributed by atoms with E-state index in [1.165, 1.54) is 10.9 Å². The predicted molar refractivity (Wildman–Crippen MR) is 106 cm³/mol. The molecule has 0 unspecified atom stereocenters. The zero-order chi connectivity index (χ0) is 19.3. The molecule has 2 aliphatic rings. The molecule has 4 rings (SSSR count). The van der Waals surface area contributed by atoms with E-state index in [0.717, 1.165) is 50.5 Å². The first-order valence-corrected chi connectivity index (χ1v) is 9.89. The second-order valence-corrected chi connectivity index (χ2v) is 7.26. The molecular formula is C20H27N5O3. The summed E-state index contributed by atoms with van der Waals surface area (Å²) in [6.45, 7) is 5.87. The van der Waals surface area contributed by atoms with Crippen molar-refractivity contribution in [2.24, 2.45) is 0 Å². The van der Waals surface area contributed by atoms with Gasteiger partial charge in [-0.1, -0.05) is 18.2 Å². The first-order valence-electron chi connectivity index (χ1n) is 9.89. The van der Waals surface area contributed by atoms with Crippen molar-refractivity contribution in [2.45, 2.75) is 13.0 Å². The largest absolute Gasteiger partial charge is 0.379 e. The van der Waals surface area contributed by atoms with Crippen LogP contribution in [0.1, 0.15) is 11.3 Å². The highest BCUT2D eigenvalue weighted by molar-refractivity contribution is 5.86. The number of benzene rings is 1. The van der Waals surface area contributed by atoms with Crippen molar-refractivity contribution < 1.29 is 14.3 Å². The molecule has 150 valence electrons. The molecule has 2 aromatic rings. The second kappa shape index (κ2) is 8.62. The molecule has 8 heteroatoms. The second-order valence-electron chi connectivity index (χ2n) is 7.26. The minimum Gasteiger partial charge on any atom is -0.379 e. The molecule has 0 atom stereocenters. The molecule has 1 fully saturated rings. The monoisotopic (exact) mass is 385 g/mol. The van der Waals surface area contributed by atoms with Crippen molar-refractivity contribution in [2.75, 3.05) is 52.5 Å². The molecule has 1 aromatic carbocycles. The van der Waals surface area contributed by atoms with Gasteiger partial charge in [0, 0.05) is 49.3 Å². The summed E-state index contributed by atoms with van der Waals surface area (Å²) in [4.78, 5) is 31.9. The Hall–Kier alpha value is -2.58. The van der Waals surface area contributed by atoms with Crippen molar-refractivity contribution in [1.82, 2.24) is 25.4 Å². The van der Waals surface area contributed by atoms with Gasteiger partial charge in [-0.2, -0.15) is 0 Å². The van der Waals surface area contributed by atoms with E-state index in [9.17, 15) is 9.59 Å². The first-order chi connectivity index (χ1) is 13.7. The Morgan fingerprint density at radius 3 is 2.79 bits per heavy atom. The van der Waals surface area contributed by atoms with Crippen LogP contribution in [-0.4, -0.2) is 79.2 Å². The smallest absolute Gasteiger partial charge is 0.318 e. The van der Waals surface area contributed by atoms with Crippen LogP contribution in [0, 0.1) is 0 Å². The summed E-state index contributed by atoms with van der Waals surface area (Å²) in [6.07, 6.45) is 0.818. The van der Waals surface area contributed by atoms with Gasteiger partial charge >= 0.3 is 6.03 Å². The molecule has 0 saturated carbocycles. The number of urea groups is 1. The number of amides is 3. The van der Waals surface area contributed by atoms with Crippen LogP contribution in [0.25, 0.3) is 10.9 Å². The predicted octanol–water partition coefficient (Wildman–Crippen LogP) is 0.684. The van der Waals surface area contributed by atoms with Gasteiger partial charge in [0.1, 0.15) is 0 Å². The molecule has 3 N–H and O–H groups in total. The Bertz CT molecular complexity index is 843. The van der Waals surface area contributed by atoms with E-state index >= 15 is 0 Å². The minimum atomic E-state index is -0.201. The van der Waals surface area contributed by atoms with E-state index in [2.05, 4.69) is 32.7 Å². The van der Waals surface area contributed by atoms with Crippen LogP contribution in [0.15, 0.2) is 24.3 Å². The molecule has 28 heavy (non-hydrogen) atoms. The van der Waals surface area contributed by atoms with E-state index in [0.29, 0.717) is 19.6 Å². The lowest BCUT2D eigenvalue weighted by atomic mass is 10.0. The Kier molecular flexibility index (Phi) is 5.78. The Morgan fingerprint density at radius 1 is 1.11 bits per heavy atom. The number of ether oxygens (including phenoxy) is 1. The maximum Gasteiger partial charge on any atom is 0.318 e. The van der Waals surface area contributed by atoms with Crippen LogP contribution in [0.3, 0.4) is 0 Å². The summed E-state index contributed by atoms with van der Waals surface area (Å²) in [7, 11) is 0. The van der Waals surface area contributed by atoms with Crippen LogP contribution in [-0.2, 0) is 22.5 Å². The van der Waals surface area contributed by atoms with Gasteiger partial charge in [0.25, 0.3) is 0 Å². The van der Waals surface area contributed by atoms with Gasteiger partial charge in [0.2, 0.25) is 5.91 Å². The third-order valence-electron chi connectivity index (χ3n) is 5.42. The van der Waals surface area contributed by atoms with Gasteiger partial charge in [0.15, 0.2) is 0 Å². The number of nitrogens with one attached hydrogen (secondary N) is 3. The standard InChI is InChI=1S/C20H27N5O3/c26-19(21-6-8-24-9-11-28-12-10-24)13-22-20(27)25-7-5-16-15-3-1-2-4-17(15)23-18(16)14-25/h1-4,23H,5-14H2,(H,21,26)(H,22,27). The van der Waals surface area contributed by atoms with Crippen LogP contribution in [0.5, 0.6) is 0 Å². The quantitative estimate of drug-likeness (QED) is 0.706. The molecule has 0 spiro atoms. The van der Waals surface area contributed by atoms with Gasteiger partial charge < -0.3 is 25.3 Å². The highest BCUT2D eigenvalue weighted by atomic mass is 16.5. The fourth-order valence-corrected chi connectivity index (χ4v) is 3.87. The molecule has 1 saturated heterocycles. The molecular weight excluding hydrogens is 358 g/mol. The summed E-state index contributed by atoms with van der Waals surface area (Å²) in [5.41, 5.74) is 3.48. The third-order valence-corrected chi connectivity index (χ3v) is 5.42. The van der Waals surface area contributed by atoms with Crippen molar-refractivity contribution >= 4 is 22.8 Å². The number of para-hydroxylation sites is 1. The van der Waals surface area contributed by atoms with Gasteiger partial charge in [-0.3, -0.25) is 9.69 Å². The number of morpholine rings is 1. The minimum absolute atomic E-state index is 0.00198. The first kappa shape index (κ1) is 18.8. The van der Waals surface area contributed by atoms with E-state index in [1.807, 2.05) is 12.1 Å². The molecule has 1 aromatic heterocycles. The molecule has 0 radical (unpaired) electrons. The van der Waals surface area contributed by atoms with Gasteiger partial charge in [-0.15, -0.1) is 0 Å². The SMILES string of the molecule is O=C(CNC(=O)N1CCc2c([nH]c3ccccc23)C1)NCCN1CCOCC1. The fourth-order valence-electron chi connectivity index (χ4n) is 3.87. The summed E-state index contributed by atoms with van der Waals surface area (Å²) < 4.78 is 5.31. The number of fused-ring (bicyclic) bond motifs is 3. The lowest BCUT2D eigenvalue weighted by Crippen LogP contribution is -2.47. The number of hydrogen-bond acceptors (Lipinski definition) is 4. The van der Waals surface area contributed by atoms with E-state index < -0.39 is 0 Å². The van der Waals surface area contributed by atoms with E-state index in [1.54, 1.807) is 4.90 Å². The summed E-state index contributed by atoms with van der Waals surface area (Å²) in [6, 6.07) is 8.01. The van der Waals surface area contributed by atoms with Crippen LogP contribution >= 0.6 is 0 Å². The number of nitrogens with zero attached hydrogens (tertiary/aromatic N) is 2. The topological polar surface area (TPSA) is 89.7 Å². The lowest BCUT2D eigenvalue weighted by Gasteiger charge is -2.27. The molecule has 8 nitrogen and oxygen atoms in total. The highest BCUT2D eigenvalue weighted by Crippen LogP contribution is 2.27. The van der Waals surface area contributed by atoms with Gasteiger partial charge in [-0.25, -0.2) is 4.79 Å². The number of hydrogen-bond donors (Lipinski definition) is 3. The van der Waals surface area contributed by atoms with Crippen molar-refractivity contribution in [1.29, 1.82) is 0 Å². The third kappa shape index (κ3) is 4.28. The number of carbonyl (C=O) groups is 2. The van der Waals surface area contributed by atoms with Crippen LogP contribution in [0.4, 0.5) is 4.79 Å². The average molecular weight is 385 g/mol. The summed E-state index contributed by atoms with van der Waals surface area (Å²) in [5, 5.41) is 6.83. The van der Waals surface area contributed by atoms with Crippen molar-refractivity contribution in [3.8, 4) is 0 Å². The number of carbonyl (C=O) groups excluding carboxylic acids is 2. The molecule has 0 bridgehead atoms. The van der Waals surface area contributed by atoms with Crippen molar-refractivity contribution in [3.05, 3.63) is 35.5 Å². The molecule has 2 aliphatic heterocycles. The van der Waals surface area contributed by atoms with Crippen LogP contribution in [0.2, 0.25) is 0 Å². The Morgan fingerprint density at radius 2 is 1.93 bits per heavy atom. The maximum atomic E-state index is 12.4. The van der Waals surface area contributed by atoms with Gasteiger partial charge in [-0.05, 0) is 18.1 Å². The average Bonchev–Trinajstić information content (AvgIpc) is 3.10. The summed E-state index contributed by atoms with van der Waals surface area (Å²) >= 11 is 0. The van der Waals surface area contributed by atoms with Gasteiger partial charge in [0.05, 0.1) is 26.3 Å². The number of H-pyrrole nitrogens is 1. The zero-order valence-electron chi connectivity index (χ0n) is 16.0. The number of aromatic amines is 1. The van der Waals surface area contributed by atoms with Crippen molar-refractivity contribution in [3.63, 3.8) is 0 Å². The number of rotatable bonds is 5. The molecule has 3 amide bonds. The van der Waals surface area contributed by atoms with E-state index in [4.69, 9.17) is 4.74 Å². The van der Waals surface area contributed by atoms with Crippen LogP contribution < -0.4 is 10.6 Å². The molecule has 0 aliphatic carbocycles. The van der Waals surface area contributed by atoms with E-state index in [-0.39, 0.29) is 18.5 Å². The summed E-state index contributed by atoms with van der Waals surface area (Å²) in [5.74, 6) is -0.162.